The van der Waals surface area contributed by atoms with Gasteiger partial charge >= 0.3 is 6.03 Å². The predicted molar refractivity (Wildman–Crippen MR) is 164 cm³/mol. The molecule has 1 aliphatic heterocycles. The van der Waals surface area contributed by atoms with E-state index in [0.717, 1.165) is 22.7 Å². The fourth-order valence-corrected chi connectivity index (χ4v) is 8.75. The molecular formula is C34H34N4O6. The molecule has 1 aromatic heterocycles. The van der Waals surface area contributed by atoms with Gasteiger partial charge in [0.25, 0.3) is 17.5 Å². The number of amides is 4. The van der Waals surface area contributed by atoms with E-state index < -0.39 is 22.8 Å². The lowest BCUT2D eigenvalue weighted by Crippen LogP contribution is -2.54. The number of rotatable bonds is 6. The van der Waals surface area contributed by atoms with Gasteiger partial charge in [0.1, 0.15) is 11.3 Å². The summed E-state index contributed by atoms with van der Waals surface area (Å²) in [5, 5.41) is 13.8. The number of anilines is 1. The number of nitrogens with one attached hydrogen (secondary N) is 1. The Morgan fingerprint density at radius 1 is 0.955 bits per heavy atom. The number of nitro benzene ring substituents is 1. The van der Waals surface area contributed by atoms with E-state index >= 15 is 0 Å². The average Bonchev–Trinajstić information content (AvgIpc) is 3.26. The van der Waals surface area contributed by atoms with E-state index in [9.17, 15) is 24.5 Å². The Morgan fingerprint density at radius 3 is 2.18 bits per heavy atom. The van der Waals surface area contributed by atoms with Crippen molar-refractivity contribution in [2.75, 3.05) is 12.0 Å². The van der Waals surface area contributed by atoms with Crippen LogP contribution in [0, 0.1) is 41.7 Å². The summed E-state index contributed by atoms with van der Waals surface area (Å²) in [7, 11) is 1.48. The summed E-state index contributed by atoms with van der Waals surface area (Å²) in [6.45, 7) is 3.60. The number of urea groups is 1. The van der Waals surface area contributed by atoms with Gasteiger partial charge < -0.3 is 9.30 Å². The first-order valence-corrected chi connectivity index (χ1v) is 15.1. The highest BCUT2D eigenvalue weighted by molar-refractivity contribution is 6.39. The van der Waals surface area contributed by atoms with Crippen LogP contribution in [0.15, 0.2) is 54.1 Å². The minimum Gasteiger partial charge on any atom is -0.495 e. The Bertz CT molecular complexity index is 1730. The van der Waals surface area contributed by atoms with Crippen molar-refractivity contribution in [2.24, 2.45) is 17.8 Å². The van der Waals surface area contributed by atoms with Gasteiger partial charge in [-0.3, -0.25) is 25.0 Å². The lowest BCUT2D eigenvalue weighted by Gasteiger charge is -2.57. The summed E-state index contributed by atoms with van der Waals surface area (Å²) in [6, 6.07) is 13.1. The molecule has 226 valence electrons. The maximum absolute atomic E-state index is 13.7. The highest BCUT2D eigenvalue weighted by Crippen LogP contribution is 2.60. The van der Waals surface area contributed by atoms with Crippen LogP contribution in [0.3, 0.4) is 0 Å². The zero-order chi connectivity index (χ0) is 30.9. The van der Waals surface area contributed by atoms with Gasteiger partial charge in [-0.1, -0.05) is 12.1 Å². The van der Waals surface area contributed by atoms with Gasteiger partial charge in [-0.15, -0.1) is 0 Å². The van der Waals surface area contributed by atoms with Crippen molar-refractivity contribution < 1.29 is 24.0 Å². The molecule has 3 aromatic rings. The summed E-state index contributed by atoms with van der Waals surface area (Å²) in [6.07, 6.45) is 9.15. The SMILES string of the molecule is COc1ccc([N+](=O)[O-])cc1-n1c(C)cc(/C=C2\C(=O)NC(=O)N(c3ccc(C45CC6CC(CC(C6)C4)C5)cc3)C2=O)c1C. The summed E-state index contributed by atoms with van der Waals surface area (Å²) >= 11 is 0. The molecule has 5 aliphatic rings. The second kappa shape index (κ2) is 10.2. The maximum atomic E-state index is 13.7. The number of barbiturate groups is 1. The standard InChI is InChI=1S/C34H34N4O6/c1-19-10-24(20(2)36(19)29-15-27(38(42)43)8-9-30(29)44-3)14-28-31(39)35-33(41)37(32(28)40)26-6-4-25(5-7-26)34-16-21-11-22(17-34)13-23(12-21)18-34/h4-10,14-15,21-23H,11-13,16-18H2,1-3H3,(H,35,39,41)/b28-14+. The molecule has 4 amide bonds. The van der Waals surface area contributed by atoms with Gasteiger partial charge in [0.2, 0.25) is 0 Å². The monoisotopic (exact) mass is 594 g/mol. The van der Waals surface area contributed by atoms with Crippen LogP contribution in [0.5, 0.6) is 5.75 Å². The molecule has 0 spiro atoms. The number of hydrogen-bond acceptors (Lipinski definition) is 6. The molecule has 4 aliphatic carbocycles. The minimum atomic E-state index is -0.786. The van der Waals surface area contributed by atoms with Gasteiger partial charge in [-0.05, 0) is 117 Å². The predicted octanol–water partition coefficient (Wildman–Crippen LogP) is 6.15. The van der Waals surface area contributed by atoms with Crippen LogP contribution >= 0.6 is 0 Å². The van der Waals surface area contributed by atoms with Crippen molar-refractivity contribution in [1.82, 2.24) is 9.88 Å². The summed E-state index contributed by atoms with van der Waals surface area (Å²) in [4.78, 5) is 51.6. The van der Waals surface area contributed by atoms with Crippen molar-refractivity contribution in [3.8, 4) is 11.4 Å². The van der Waals surface area contributed by atoms with Gasteiger partial charge in [0.05, 0.1) is 23.4 Å². The smallest absolute Gasteiger partial charge is 0.335 e. The van der Waals surface area contributed by atoms with Crippen LogP contribution in [0.1, 0.15) is 61.0 Å². The van der Waals surface area contributed by atoms with Crippen molar-refractivity contribution in [2.45, 2.75) is 57.8 Å². The highest BCUT2D eigenvalue weighted by atomic mass is 16.6. The van der Waals surface area contributed by atoms with Crippen LogP contribution in [0.25, 0.3) is 11.8 Å². The molecule has 2 aromatic carbocycles. The van der Waals surface area contributed by atoms with Gasteiger partial charge in [0.15, 0.2) is 0 Å². The van der Waals surface area contributed by atoms with Gasteiger partial charge in [0, 0.05) is 23.5 Å². The van der Waals surface area contributed by atoms with E-state index in [1.54, 1.807) is 17.6 Å². The first kappa shape index (κ1) is 28.1. The van der Waals surface area contributed by atoms with Crippen LogP contribution in [0.2, 0.25) is 0 Å². The highest BCUT2D eigenvalue weighted by Gasteiger charge is 2.51. The Morgan fingerprint density at radius 2 is 1.59 bits per heavy atom. The third-order valence-corrected chi connectivity index (χ3v) is 10.3. The molecular weight excluding hydrogens is 560 g/mol. The van der Waals surface area contributed by atoms with E-state index in [2.05, 4.69) is 17.4 Å². The van der Waals surface area contributed by atoms with Crippen LogP contribution in [-0.2, 0) is 15.0 Å². The Kier molecular flexibility index (Phi) is 6.49. The normalized spacial score (nSPS) is 26.8. The Labute approximate surface area is 254 Å². The molecule has 44 heavy (non-hydrogen) atoms. The number of aromatic nitrogens is 1. The third-order valence-electron chi connectivity index (χ3n) is 10.3. The molecule has 1 saturated heterocycles. The average molecular weight is 595 g/mol. The van der Waals surface area contributed by atoms with E-state index in [1.807, 2.05) is 19.1 Å². The molecule has 1 N–H and O–H groups in total. The number of nitro groups is 1. The number of ether oxygens (including phenoxy) is 1. The minimum absolute atomic E-state index is 0.0987. The van der Waals surface area contributed by atoms with Crippen molar-refractivity contribution in [3.63, 3.8) is 0 Å². The molecule has 8 rings (SSSR count). The lowest BCUT2D eigenvalue weighted by atomic mass is 9.48. The third kappa shape index (κ3) is 4.42. The quantitative estimate of drug-likeness (QED) is 0.158. The fourth-order valence-electron chi connectivity index (χ4n) is 8.75. The number of aryl methyl sites for hydroxylation is 1. The first-order chi connectivity index (χ1) is 21.1. The molecule has 5 fully saturated rings. The Balaban J connectivity index is 1.20. The van der Waals surface area contributed by atoms with E-state index in [4.69, 9.17) is 4.74 Å². The molecule has 0 atom stereocenters. The van der Waals surface area contributed by atoms with Crippen LogP contribution in [0.4, 0.5) is 16.2 Å². The lowest BCUT2D eigenvalue weighted by molar-refractivity contribution is -0.384. The molecule has 0 radical (unpaired) electrons. The number of hydrogen-bond donors (Lipinski definition) is 1. The number of carbonyl (C=O) groups excluding carboxylic acids is 3. The van der Waals surface area contributed by atoms with Gasteiger partial charge in [-0.2, -0.15) is 0 Å². The van der Waals surface area contributed by atoms with E-state index in [-0.39, 0.29) is 16.7 Å². The van der Waals surface area contributed by atoms with E-state index in [1.165, 1.54) is 75.5 Å². The van der Waals surface area contributed by atoms with Crippen molar-refractivity contribution >= 4 is 35.3 Å². The molecule has 10 nitrogen and oxygen atoms in total. The molecule has 10 heteroatoms. The van der Waals surface area contributed by atoms with Crippen molar-refractivity contribution in [3.05, 3.63) is 86.7 Å². The Hall–Kier alpha value is -4.73. The maximum Gasteiger partial charge on any atom is 0.335 e. The second-order valence-electron chi connectivity index (χ2n) is 13.0. The first-order valence-electron chi connectivity index (χ1n) is 15.1. The molecule has 0 unspecified atom stereocenters. The molecule has 2 heterocycles. The van der Waals surface area contributed by atoms with Gasteiger partial charge in [-0.25, -0.2) is 9.69 Å². The number of carbonyl (C=O) groups is 3. The zero-order valence-electron chi connectivity index (χ0n) is 25.0. The summed E-state index contributed by atoms with van der Waals surface area (Å²) in [5.74, 6) is 1.34. The van der Waals surface area contributed by atoms with Crippen molar-refractivity contribution in [1.29, 1.82) is 0 Å². The summed E-state index contributed by atoms with van der Waals surface area (Å²) < 4.78 is 7.24. The summed E-state index contributed by atoms with van der Waals surface area (Å²) in [5.41, 5.74) is 3.96. The zero-order valence-corrected chi connectivity index (χ0v) is 25.0. The number of imide groups is 2. The molecule has 4 saturated carbocycles. The number of benzene rings is 2. The van der Waals surface area contributed by atoms with Crippen LogP contribution < -0.4 is 15.0 Å². The fraction of sp³-hybridized carbons (Fsp3) is 0.382. The number of nitrogens with zero attached hydrogens (tertiary/aromatic N) is 3. The van der Waals surface area contributed by atoms with E-state index in [0.29, 0.717) is 34.1 Å². The molecule has 4 bridgehead atoms. The largest absolute Gasteiger partial charge is 0.495 e. The topological polar surface area (TPSA) is 124 Å². The van der Waals surface area contributed by atoms with Crippen LogP contribution in [-0.4, -0.2) is 34.4 Å². The number of non-ortho nitro benzene ring substituents is 1. The number of methoxy groups -OCH3 is 1. The second-order valence-corrected chi connectivity index (χ2v) is 13.0.